The molecule has 2 heterocycles. The number of nitrogens with one attached hydrogen (secondary N) is 2. The molecule has 4 rings (SSSR count). The largest absolute Gasteiger partial charge is 0.489 e. The number of carbonyl (C=O) groups excluding carboxylic acids is 2. The standard InChI is InChI=1S/C30H36N4O4/c1-4-15-30(5-2)19-22(18-28(35)33-37)14-16-34(30)32-29(36)23-10-12-25(13-11-23)38-20-24-17-21(3)31-27-9-7-6-8-26(24)27/h4,6-13,17,22,37H,1,5,14-16,18-20H2,2-3H3,(H,32,36)(H,33,35). The van der Waals surface area contributed by atoms with E-state index in [0.29, 0.717) is 30.9 Å². The third-order valence-electron chi connectivity index (χ3n) is 7.46. The van der Waals surface area contributed by atoms with E-state index in [0.717, 1.165) is 41.4 Å². The molecule has 8 heteroatoms. The zero-order valence-electron chi connectivity index (χ0n) is 22.1. The minimum Gasteiger partial charge on any atom is -0.489 e. The number of piperidine rings is 1. The molecule has 0 radical (unpaired) electrons. The van der Waals surface area contributed by atoms with Crippen molar-refractivity contribution in [3.8, 4) is 5.75 Å². The van der Waals surface area contributed by atoms with Gasteiger partial charge in [0.1, 0.15) is 12.4 Å². The number of aromatic nitrogens is 1. The second-order valence-corrected chi connectivity index (χ2v) is 10.0. The van der Waals surface area contributed by atoms with Crippen molar-refractivity contribution in [1.82, 2.24) is 20.9 Å². The molecule has 2 amide bonds. The lowest BCUT2D eigenvalue weighted by Gasteiger charge is -2.49. The van der Waals surface area contributed by atoms with Crippen LogP contribution in [-0.2, 0) is 11.4 Å². The van der Waals surface area contributed by atoms with Gasteiger partial charge >= 0.3 is 0 Å². The minimum atomic E-state index is -0.384. The number of aryl methyl sites for hydroxylation is 1. The summed E-state index contributed by atoms with van der Waals surface area (Å²) in [5, 5.41) is 12.0. The number of rotatable bonds is 10. The topological polar surface area (TPSA) is 104 Å². The van der Waals surface area contributed by atoms with Crippen LogP contribution >= 0.6 is 0 Å². The van der Waals surface area contributed by atoms with Crippen molar-refractivity contribution in [2.24, 2.45) is 5.92 Å². The molecule has 2 unspecified atom stereocenters. The smallest absolute Gasteiger partial charge is 0.265 e. The third kappa shape index (κ3) is 6.20. The highest BCUT2D eigenvalue weighted by Gasteiger charge is 2.41. The van der Waals surface area contributed by atoms with E-state index in [1.807, 2.05) is 60.5 Å². The van der Waals surface area contributed by atoms with E-state index in [1.54, 1.807) is 17.6 Å². The summed E-state index contributed by atoms with van der Waals surface area (Å²) in [6, 6.07) is 17.2. The van der Waals surface area contributed by atoms with Crippen LogP contribution in [0.1, 0.15) is 60.6 Å². The first-order chi connectivity index (χ1) is 18.4. The van der Waals surface area contributed by atoms with E-state index >= 15 is 0 Å². The van der Waals surface area contributed by atoms with Crippen molar-refractivity contribution < 1.29 is 19.5 Å². The number of ether oxygens (including phenoxy) is 1. The summed E-state index contributed by atoms with van der Waals surface area (Å²) in [4.78, 5) is 29.5. The highest BCUT2D eigenvalue weighted by molar-refractivity contribution is 5.94. The molecule has 1 aliphatic rings. The van der Waals surface area contributed by atoms with E-state index in [4.69, 9.17) is 9.94 Å². The molecule has 38 heavy (non-hydrogen) atoms. The van der Waals surface area contributed by atoms with Gasteiger partial charge in [0, 0.05) is 40.7 Å². The number of hydroxylamine groups is 1. The van der Waals surface area contributed by atoms with E-state index in [9.17, 15) is 9.59 Å². The van der Waals surface area contributed by atoms with Crippen molar-refractivity contribution >= 4 is 22.7 Å². The van der Waals surface area contributed by atoms with Crippen LogP contribution in [0.5, 0.6) is 5.75 Å². The molecule has 0 aliphatic carbocycles. The van der Waals surface area contributed by atoms with Crippen LogP contribution in [0.3, 0.4) is 0 Å². The van der Waals surface area contributed by atoms with Gasteiger partial charge in [-0.05, 0) is 74.9 Å². The maximum Gasteiger partial charge on any atom is 0.265 e. The number of pyridine rings is 1. The van der Waals surface area contributed by atoms with Gasteiger partial charge in [0.2, 0.25) is 5.91 Å². The third-order valence-corrected chi connectivity index (χ3v) is 7.46. The van der Waals surface area contributed by atoms with Gasteiger partial charge in [-0.2, -0.15) is 0 Å². The molecular formula is C30H36N4O4. The number of carbonyl (C=O) groups is 2. The van der Waals surface area contributed by atoms with Crippen LogP contribution in [0.15, 0.2) is 67.3 Å². The van der Waals surface area contributed by atoms with Gasteiger partial charge < -0.3 is 4.74 Å². The predicted octanol–water partition coefficient (Wildman–Crippen LogP) is 5.10. The molecule has 1 aromatic heterocycles. The second-order valence-electron chi connectivity index (χ2n) is 10.0. The fourth-order valence-corrected chi connectivity index (χ4v) is 5.46. The molecular weight excluding hydrogens is 480 g/mol. The quantitative estimate of drug-likeness (QED) is 0.197. The Bertz CT molecular complexity index is 1290. The Morgan fingerprint density at radius 2 is 2.00 bits per heavy atom. The van der Waals surface area contributed by atoms with E-state index in [-0.39, 0.29) is 29.7 Å². The van der Waals surface area contributed by atoms with Gasteiger partial charge in [-0.3, -0.25) is 25.2 Å². The monoisotopic (exact) mass is 516 g/mol. The van der Waals surface area contributed by atoms with Gasteiger partial charge in [-0.25, -0.2) is 10.5 Å². The average molecular weight is 517 g/mol. The molecule has 3 N–H and O–H groups in total. The zero-order chi connectivity index (χ0) is 27.1. The molecule has 2 atom stereocenters. The van der Waals surface area contributed by atoms with Crippen molar-refractivity contribution in [2.45, 2.75) is 58.1 Å². The number of fused-ring (bicyclic) bond motifs is 1. The Balaban J connectivity index is 1.41. The molecule has 1 fully saturated rings. The summed E-state index contributed by atoms with van der Waals surface area (Å²) in [6.45, 7) is 8.98. The average Bonchev–Trinajstić information content (AvgIpc) is 2.93. The van der Waals surface area contributed by atoms with Crippen LogP contribution in [0.25, 0.3) is 10.9 Å². The first kappa shape index (κ1) is 27.3. The maximum atomic E-state index is 13.2. The summed E-state index contributed by atoms with van der Waals surface area (Å²) in [7, 11) is 0. The Morgan fingerprint density at radius 3 is 2.71 bits per heavy atom. The first-order valence-corrected chi connectivity index (χ1v) is 13.1. The minimum absolute atomic E-state index is 0.118. The van der Waals surface area contributed by atoms with Crippen molar-refractivity contribution in [3.05, 3.63) is 84.1 Å². The molecule has 0 saturated carbocycles. The number of hydrogen-bond donors (Lipinski definition) is 3. The number of amides is 2. The molecule has 0 spiro atoms. The van der Waals surface area contributed by atoms with Crippen LogP contribution in [-0.4, -0.2) is 39.1 Å². The summed E-state index contributed by atoms with van der Waals surface area (Å²) in [5.41, 5.74) is 7.97. The molecule has 8 nitrogen and oxygen atoms in total. The molecule has 1 saturated heterocycles. The van der Waals surface area contributed by atoms with Gasteiger partial charge in [0.25, 0.3) is 5.91 Å². The summed E-state index contributed by atoms with van der Waals surface area (Å²) >= 11 is 0. The van der Waals surface area contributed by atoms with Crippen molar-refractivity contribution in [3.63, 3.8) is 0 Å². The number of hydrazine groups is 1. The number of nitrogens with zero attached hydrogens (tertiary/aromatic N) is 2. The molecule has 2 aromatic carbocycles. The lowest BCUT2D eigenvalue weighted by Crippen LogP contribution is -2.60. The van der Waals surface area contributed by atoms with E-state index < -0.39 is 0 Å². The summed E-state index contributed by atoms with van der Waals surface area (Å²) in [6.07, 6.45) is 5.04. The van der Waals surface area contributed by atoms with Crippen LogP contribution in [0.2, 0.25) is 0 Å². The molecule has 1 aliphatic heterocycles. The lowest BCUT2D eigenvalue weighted by molar-refractivity contribution is -0.131. The SMILES string of the molecule is C=CCC1(CC)CC(CC(=O)NO)CCN1NC(=O)c1ccc(OCc2cc(C)nc3ccccc23)cc1. The zero-order valence-corrected chi connectivity index (χ0v) is 22.1. The predicted molar refractivity (Wildman–Crippen MR) is 147 cm³/mol. The van der Waals surface area contributed by atoms with E-state index in [2.05, 4.69) is 23.9 Å². The normalized spacial score (nSPS) is 19.6. The highest BCUT2D eigenvalue weighted by atomic mass is 16.5. The Morgan fingerprint density at radius 1 is 1.24 bits per heavy atom. The van der Waals surface area contributed by atoms with Gasteiger partial charge in [0.15, 0.2) is 0 Å². The lowest BCUT2D eigenvalue weighted by atomic mass is 9.76. The Labute approximate surface area is 223 Å². The molecule has 200 valence electrons. The van der Waals surface area contributed by atoms with Gasteiger partial charge in [-0.1, -0.05) is 31.2 Å². The van der Waals surface area contributed by atoms with Crippen LogP contribution in [0.4, 0.5) is 0 Å². The molecule has 3 aromatic rings. The fourth-order valence-electron chi connectivity index (χ4n) is 5.46. The fraction of sp³-hybridized carbons (Fsp3) is 0.367. The van der Waals surface area contributed by atoms with Crippen molar-refractivity contribution in [2.75, 3.05) is 6.54 Å². The first-order valence-electron chi connectivity index (χ1n) is 13.1. The maximum absolute atomic E-state index is 13.2. The molecule has 0 bridgehead atoms. The number of para-hydroxylation sites is 1. The second kappa shape index (κ2) is 12.2. The van der Waals surface area contributed by atoms with E-state index in [1.165, 1.54) is 0 Å². The number of benzene rings is 2. The van der Waals surface area contributed by atoms with Crippen LogP contribution in [0, 0.1) is 12.8 Å². The van der Waals surface area contributed by atoms with Gasteiger partial charge in [-0.15, -0.1) is 6.58 Å². The van der Waals surface area contributed by atoms with Crippen LogP contribution < -0.4 is 15.6 Å². The van der Waals surface area contributed by atoms with Crippen molar-refractivity contribution in [1.29, 1.82) is 0 Å². The highest BCUT2D eigenvalue weighted by Crippen LogP contribution is 2.38. The Hall–Kier alpha value is -3.75. The van der Waals surface area contributed by atoms with Gasteiger partial charge in [0.05, 0.1) is 5.52 Å². The summed E-state index contributed by atoms with van der Waals surface area (Å²) < 4.78 is 6.04. The summed E-state index contributed by atoms with van der Waals surface area (Å²) in [5.74, 6) is 0.219. The Kier molecular flexibility index (Phi) is 8.76. The number of hydrogen-bond acceptors (Lipinski definition) is 6.